The van der Waals surface area contributed by atoms with E-state index in [2.05, 4.69) is 20.5 Å². The lowest BCUT2D eigenvalue weighted by Gasteiger charge is -2.35. The molecule has 6 nitrogen and oxygen atoms in total. The number of carbonyl (C=O) groups excluding carboxylic acids is 1. The Hall–Kier alpha value is -1.89. The molecule has 2 N–H and O–H groups in total. The number of halogens is 1. The number of nitrogens with one attached hydrogen (secondary N) is 2. The molecule has 1 aliphatic heterocycles. The highest BCUT2D eigenvalue weighted by Gasteiger charge is 2.28. The molecule has 3 rings (SSSR count). The molecule has 0 aliphatic carbocycles. The van der Waals surface area contributed by atoms with E-state index < -0.39 is 0 Å². The lowest BCUT2D eigenvalue weighted by Crippen LogP contribution is -2.50. The van der Waals surface area contributed by atoms with Crippen molar-refractivity contribution in [2.75, 3.05) is 26.2 Å². The van der Waals surface area contributed by atoms with E-state index in [1.807, 2.05) is 42.1 Å². The van der Waals surface area contributed by atoms with E-state index in [1.54, 1.807) is 6.20 Å². The standard InChI is InChI=1S/C17H22ClN5O/c1-22-7-6-20-17(22)15-11-19-5-8-23(15)12-16(24)21-10-13-3-2-4-14(18)9-13/h2-4,6-7,9,15,19H,5,8,10-12H2,1H3,(H,21,24). The molecule has 1 amide bonds. The van der Waals surface area contributed by atoms with Gasteiger partial charge in [0, 0.05) is 50.6 Å². The number of piperazine rings is 1. The zero-order valence-electron chi connectivity index (χ0n) is 13.7. The van der Waals surface area contributed by atoms with Crippen molar-refractivity contribution in [2.24, 2.45) is 7.05 Å². The summed E-state index contributed by atoms with van der Waals surface area (Å²) in [6.07, 6.45) is 3.72. The highest BCUT2D eigenvalue weighted by molar-refractivity contribution is 6.30. The van der Waals surface area contributed by atoms with Crippen LogP contribution < -0.4 is 10.6 Å². The van der Waals surface area contributed by atoms with Gasteiger partial charge >= 0.3 is 0 Å². The van der Waals surface area contributed by atoms with Crippen LogP contribution in [-0.4, -0.2) is 46.5 Å². The zero-order chi connectivity index (χ0) is 16.9. The Labute approximate surface area is 146 Å². The minimum absolute atomic E-state index is 0.0103. The van der Waals surface area contributed by atoms with Gasteiger partial charge in [-0.2, -0.15) is 0 Å². The average Bonchev–Trinajstić information content (AvgIpc) is 2.99. The number of aromatic nitrogens is 2. The molecule has 0 spiro atoms. The summed E-state index contributed by atoms with van der Waals surface area (Å²) in [6, 6.07) is 7.63. The minimum atomic E-state index is 0.0103. The topological polar surface area (TPSA) is 62.2 Å². The third-order valence-electron chi connectivity index (χ3n) is 4.24. The predicted octanol–water partition coefficient (Wildman–Crippen LogP) is 1.34. The summed E-state index contributed by atoms with van der Waals surface area (Å²) in [6.45, 7) is 3.34. The molecule has 1 aliphatic rings. The van der Waals surface area contributed by atoms with Crippen LogP contribution in [0.15, 0.2) is 36.7 Å². The predicted molar refractivity (Wildman–Crippen MR) is 93.7 cm³/mol. The van der Waals surface area contributed by atoms with Crippen LogP contribution >= 0.6 is 11.6 Å². The zero-order valence-corrected chi connectivity index (χ0v) is 14.5. The van der Waals surface area contributed by atoms with Crippen LogP contribution in [-0.2, 0) is 18.4 Å². The number of benzene rings is 1. The molecule has 1 aromatic heterocycles. The number of amides is 1. The maximum atomic E-state index is 12.3. The fraction of sp³-hybridized carbons (Fsp3) is 0.412. The van der Waals surface area contributed by atoms with E-state index in [1.165, 1.54) is 0 Å². The molecule has 1 unspecified atom stereocenters. The van der Waals surface area contributed by atoms with Gasteiger partial charge in [0.1, 0.15) is 5.82 Å². The van der Waals surface area contributed by atoms with Crippen molar-refractivity contribution in [3.63, 3.8) is 0 Å². The summed E-state index contributed by atoms with van der Waals surface area (Å²) in [4.78, 5) is 18.9. The third-order valence-corrected chi connectivity index (χ3v) is 4.47. The van der Waals surface area contributed by atoms with Crippen molar-refractivity contribution < 1.29 is 4.79 Å². The Morgan fingerprint density at radius 3 is 3.12 bits per heavy atom. The van der Waals surface area contributed by atoms with E-state index in [-0.39, 0.29) is 11.9 Å². The number of hydrogen-bond acceptors (Lipinski definition) is 4. The molecule has 2 aromatic rings. The number of rotatable bonds is 5. The van der Waals surface area contributed by atoms with Crippen LogP contribution in [0, 0.1) is 0 Å². The molecule has 0 saturated carbocycles. The van der Waals surface area contributed by atoms with Crippen molar-refractivity contribution in [3.8, 4) is 0 Å². The van der Waals surface area contributed by atoms with Gasteiger partial charge in [-0.25, -0.2) is 4.98 Å². The van der Waals surface area contributed by atoms with Crippen LogP contribution in [0.3, 0.4) is 0 Å². The van der Waals surface area contributed by atoms with Gasteiger partial charge in [-0.15, -0.1) is 0 Å². The Kier molecular flexibility index (Phi) is 5.50. The lowest BCUT2D eigenvalue weighted by atomic mass is 10.1. The molecular formula is C17H22ClN5O. The summed E-state index contributed by atoms with van der Waals surface area (Å²) < 4.78 is 2.01. The quantitative estimate of drug-likeness (QED) is 0.856. The van der Waals surface area contributed by atoms with Crippen molar-refractivity contribution in [2.45, 2.75) is 12.6 Å². The first-order valence-corrected chi connectivity index (χ1v) is 8.44. The van der Waals surface area contributed by atoms with Gasteiger partial charge in [-0.05, 0) is 17.7 Å². The SMILES string of the molecule is Cn1ccnc1C1CNCCN1CC(=O)NCc1cccc(Cl)c1. The maximum absolute atomic E-state index is 12.3. The van der Waals surface area contributed by atoms with E-state index >= 15 is 0 Å². The third kappa shape index (κ3) is 4.14. The molecule has 0 bridgehead atoms. The van der Waals surface area contributed by atoms with Crippen LogP contribution in [0.1, 0.15) is 17.4 Å². The second-order valence-corrected chi connectivity index (χ2v) is 6.43. The van der Waals surface area contributed by atoms with Crippen LogP contribution in [0.25, 0.3) is 0 Å². The molecule has 24 heavy (non-hydrogen) atoms. The second kappa shape index (κ2) is 7.79. The Bertz CT molecular complexity index is 702. The summed E-state index contributed by atoms with van der Waals surface area (Å²) in [5, 5.41) is 7.02. The van der Waals surface area contributed by atoms with Crippen molar-refractivity contribution in [3.05, 3.63) is 53.1 Å². The number of aryl methyl sites for hydroxylation is 1. The molecule has 1 fully saturated rings. The average molecular weight is 348 g/mol. The first-order valence-electron chi connectivity index (χ1n) is 8.06. The number of carbonyl (C=O) groups is 1. The van der Waals surface area contributed by atoms with Gasteiger partial charge in [0.2, 0.25) is 5.91 Å². The summed E-state index contributed by atoms with van der Waals surface area (Å²) in [5.41, 5.74) is 0.997. The Morgan fingerprint density at radius 1 is 1.50 bits per heavy atom. The monoisotopic (exact) mass is 347 g/mol. The first kappa shape index (κ1) is 17.0. The highest BCUT2D eigenvalue weighted by atomic mass is 35.5. The van der Waals surface area contributed by atoms with Crippen LogP contribution in [0.2, 0.25) is 5.02 Å². The minimum Gasteiger partial charge on any atom is -0.351 e. The Balaban J connectivity index is 1.58. The van der Waals surface area contributed by atoms with Crippen molar-refractivity contribution in [1.82, 2.24) is 25.1 Å². The van der Waals surface area contributed by atoms with Crippen LogP contribution in [0.5, 0.6) is 0 Å². The normalized spacial score (nSPS) is 18.5. The maximum Gasteiger partial charge on any atom is 0.234 e. The van der Waals surface area contributed by atoms with Gasteiger partial charge in [0.15, 0.2) is 0 Å². The molecule has 1 aromatic carbocycles. The van der Waals surface area contributed by atoms with E-state index in [0.717, 1.165) is 31.0 Å². The number of hydrogen-bond donors (Lipinski definition) is 2. The Morgan fingerprint density at radius 2 is 2.38 bits per heavy atom. The van der Waals surface area contributed by atoms with Gasteiger partial charge in [-0.3, -0.25) is 9.69 Å². The summed E-state index contributed by atoms with van der Waals surface area (Å²) in [7, 11) is 1.98. The molecular weight excluding hydrogens is 326 g/mol. The first-order chi connectivity index (χ1) is 11.6. The second-order valence-electron chi connectivity index (χ2n) is 5.99. The largest absolute Gasteiger partial charge is 0.351 e. The molecule has 2 heterocycles. The van der Waals surface area contributed by atoms with Gasteiger partial charge in [0.05, 0.1) is 12.6 Å². The van der Waals surface area contributed by atoms with Crippen molar-refractivity contribution >= 4 is 17.5 Å². The molecule has 1 atom stereocenters. The molecule has 7 heteroatoms. The van der Waals surface area contributed by atoms with Gasteiger partial charge in [-0.1, -0.05) is 23.7 Å². The lowest BCUT2D eigenvalue weighted by molar-refractivity contribution is -0.123. The van der Waals surface area contributed by atoms with Crippen molar-refractivity contribution in [1.29, 1.82) is 0 Å². The number of imidazole rings is 1. The summed E-state index contributed by atoms with van der Waals surface area (Å²) in [5.74, 6) is 0.987. The van der Waals surface area contributed by atoms with E-state index in [9.17, 15) is 4.79 Å². The smallest absolute Gasteiger partial charge is 0.234 e. The number of nitrogens with zero attached hydrogens (tertiary/aromatic N) is 3. The van der Waals surface area contributed by atoms with Gasteiger partial charge < -0.3 is 15.2 Å². The molecule has 0 radical (unpaired) electrons. The van der Waals surface area contributed by atoms with E-state index in [4.69, 9.17) is 11.6 Å². The fourth-order valence-electron chi connectivity index (χ4n) is 2.98. The molecule has 1 saturated heterocycles. The molecule has 128 valence electrons. The van der Waals surface area contributed by atoms with Gasteiger partial charge in [0.25, 0.3) is 0 Å². The van der Waals surface area contributed by atoms with E-state index in [0.29, 0.717) is 18.1 Å². The summed E-state index contributed by atoms with van der Waals surface area (Å²) >= 11 is 5.97. The fourth-order valence-corrected chi connectivity index (χ4v) is 3.19. The highest BCUT2D eigenvalue weighted by Crippen LogP contribution is 2.19. The van der Waals surface area contributed by atoms with Crippen LogP contribution in [0.4, 0.5) is 0 Å².